The zero-order chi connectivity index (χ0) is 48.8. The van der Waals surface area contributed by atoms with Gasteiger partial charge in [-0.2, -0.15) is 4.58 Å². The summed E-state index contributed by atoms with van der Waals surface area (Å²) in [7, 11) is 0. The molecular weight excluding hydrogens is 855 g/mol. The highest BCUT2D eigenvalue weighted by Gasteiger charge is 2.46. The first-order chi connectivity index (χ1) is 32.6. The molecule has 0 radical (unpaired) electrons. The maximum absolute atomic E-state index is 15.1. The van der Waals surface area contributed by atoms with Crippen LogP contribution in [0.1, 0.15) is 137 Å². The van der Waals surface area contributed by atoms with Gasteiger partial charge in [0, 0.05) is 85.1 Å². The minimum atomic E-state index is -1.62. The number of carbonyl (C=O) groups excluding carboxylic acids is 2. The van der Waals surface area contributed by atoms with E-state index in [0.717, 1.165) is 81.5 Å². The van der Waals surface area contributed by atoms with Crippen molar-refractivity contribution < 1.29 is 39.3 Å². The number of rotatable bonds is 18. The quantitative estimate of drug-likeness (QED) is 0.0951. The number of ether oxygens (including phenoxy) is 1. The third kappa shape index (κ3) is 10.8. The highest BCUT2D eigenvalue weighted by molar-refractivity contribution is 6.03. The molecule has 0 aromatic heterocycles. The lowest BCUT2D eigenvalue weighted by Crippen LogP contribution is -2.64. The molecule has 68 heavy (non-hydrogen) atoms. The summed E-state index contributed by atoms with van der Waals surface area (Å²) in [6, 6.07) is 16.7. The average molecular weight is 935 g/mol. The molecule has 2 aromatic rings. The summed E-state index contributed by atoms with van der Waals surface area (Å²) >= 11 is 0. The summed E-state index contributed by atoms with van der Waals surface area (Å²) in [6.45, 7) is 19.7. The van der Waals surface area contributed by atoms with Crippen molar-refractivity contribution in [3.8, 4) is 0 Å². The van der Waals surface area contributed by atoms with Crippen LogP contribution in [-0.2, 0) is 25.2 Å². The highest BCUT2D eigenvalue weighted by atomic mass is 16.6. The molecule has 5 aliphatic rings. The van der Waals surface area contributed by atoms with E-state index in [0.29, 0.717) is 12.6 Å². The molecule has 6 atom stereocenters. The Balaban J connectivity index is 1.26. The molecule has 370 valence electrons. The summed E-state index contributed by atoms with van der Waals surface area (Å²) in [5.41, 5.74) is 10.4. The number of carbonyl (C=O) groups is 2. The fourth-order valence-electron chi connectivity index (χ4n) is 11.5. The Morgan fingerprint density at radius 3 is 2.35 bits per heavy atom. The van der Waals surface area contributed by atoms with E-state index in [-0.39, 0.29) is 36.0 Å². The van der Waals surface area contributed by atoms with Gasteiger partial charge in [0.1, 0.15) is 30.9 Å². The summed E-state index contributed by atoms with van der Waals surface area (Å²) in [6.07, 6.45) is 12.7. The Morgan fingerprint density at radius 1 is 0.868 bits per heavy atom. The molecule has 2 fully saturated rings. The van der Waals surface area contributed by atoms with Crippen molar-refractivity contribution in [2.75, 3.05) is 44.2 Å². The lowest BCUT2D eigenvalue weighted by atomic mass is 9.81. The van der Waals surface area contributed by atoms with Gasteiger partial charge in [-0.25, -0.2) is 0 Å². The number of aliphatic hydroxyl groups is 4. The molecule has 4 heterocycles. The number of para-hydroxylation sites is 2. The molecule has 0 spiro atoms. The van der Waals surface area contributed by atoms with Crippen molar-refractivity contribution >= 4 is 28.9 Å². The van der Waals surface area contributed by atoms with Crippen LogP contribution in [0.5, 0.6) is 0 Å². The van der Waals surface area contributed by atoms with E-state index in [9.17, 15) is 25.2 Å². The van der Waals surface area contributed by atoms with Crippen LogP contribution >= 0.6 is 0 Å². The largest absolute Gasteiger partial charge is 0.394 e. The van der Waals surface area contributed by atoms with Gasteiger partial charge in [-0.05, 0) is 108 Å². The van der Waals surface area contributed by atoms with E-state index in [2.05, 4.69) is 141 Å². The molecule has 5 N–H and O–H groups in total. The predicted molar refractivity (Wildman–Crippen MR) is 270 cm³/mol. The molecule has 12 heteroatoms. The average Bonchev–Trinajstić information content (AvgIpc) is 3.67. The van der Waals surface area contributed by atoms with Gasteiger partial charge in [0.2, 0.25) is 17.5 Å². The SMILES string of the molecule is CCCN1/C(=C/C=C2\CCCC(/C=C/C3=[N+](CCC)c4ccccc4C3(C)C)=C2N(CCCN2CCCCC2C)C(=O)CCCC(=O)N[C@@H]2[C@@H](O)[C@H](O)[C@@H](CO)O[C@@H]2O)C(C)(C)c2ccccc21. The minimum absolute atomic E-state index is 0.0366. The van der Waals surface area contributed by atoms with Crippen molar-refractivity contribution in [3.63, 3.8) is 0 Å². The first kappa shape index (κ1) is 51.4. The second-order valence-corrected chi connectivity index (χ2v) is 20.7. The number of allylic oxidation sites excluding steroid dienone is 7. The summed E-state index contributed by atoms with van der Waals surface area (Å²) in [4.78, 5) is 35.5. The monoisotopic (exact) mass is 935 g/mol. The Hall–Kier alpha value is -4.43. The molecule has 2 aromatic carbocycles. The van der Waals surface area contributed by atoms with Gasteiger partial charge >= 0.3 is 0 Å². The van der Waals surface area contributed by atoms with Gasteiger partial charge < -0.3 is 45.2 Å². The topological polar surface area (TPSA) is 149 Å². The van der Waals surface area contributed by atoms with Gasteiger partial charge in [0.25, 0.3) is 0 Å². The first-order valence-electron chi connectivity index (χ1n) is 25.7. The van der Waals surface area contributed by atoms with Crippen LogP contribution in [0.2, 0.25) is 0 Å². The van der Waals surface area contributed by atoms with Gasteiger partial charge in [0.05, 0.1) is 12.0 Å². The zero-order valence-corrected chi connectivity index (χ0v) is 41.9. The van der Waals surface area contributed by atoms with E-state index in [4.69, 9.17) is 4.74 Å². The number of anilines is 1. The fraction of sp³-hybridized carbons (Fsp3) is 0.589. The number of aliphatic hydroxyl groups excluding tert-OH is 4. The smallest absolute Gasteiger partial charge is 0.227 e. The number of nitrogens with one attached hydrogen (secondary N) is 1. The Morgan fingerprint density at radius 2 is 1.62 bits per heavy atom. The van der Waals surface area contributed by atoms with Gasteiger partial charge in [-0.1, -0.05) is 82.7 Å². The van der Waals surface area contributed by atoms with Crippen LogP contribution in [0.4, 0.5) is 11.4 Å². The third-order valence-corrected chi connectivity index (χ3v) is 15.2. The Bertz CT molecular complexity index is 2280. The molecule has 0 bridgehead atoms. The van der Waals surface area contributed by atoms with Crippen LogP contribution in [0.15, 0.2) is 95.4 Å². The summed E-state index contributed by atoms with van der Waals surface area (Å²) in [5.74, 6) is -0.536. The van der Waals surface area contributed by atoms with Crippen LogP contribution in [0, 0.1) is 0 Å². The van der Waals surface area contributed by atoms with Crippen molar-refractivity contribution in [1.82, 2.24) is 15.1 Å². The number of amides is 2. The minimum Gasteiger partial charge on any atom is -0.394 e. The van der Waals surface area contributed by atoms with Gasteiger partial charge in [0.15, 0.2) is 12.0 Å². The van der Waals surface area contributed by atoms with Crippen molar-refractivity contribution in [2.45, 2.75) is 173 Å². The molecule has 0 saturated carbocycles. The maximum atomic E-state index is 15.1. The summed E-state index contributed by atoms with van der Waals surface area (Å²) < 4.78 is 7.73. The number of benzene rings is 2. The number of nitrogens with zero attached hydrogens (tertiary/aromatic N) is 4. The normalized spacial score (nSPS) is 27.1. The third-order valence-electron chi connectivity index (χ3n) is 15.2. The number of hydrogen-bond donors (Lipinski definition) is 5. The lowest BCUT2D eigenvalue weighted by Gasteiger charge is -2.40. The molecule has 4 aliphatic heterocycles. The second-order valence-electron chi connectivity index (χ2n) is 20.7. The zero-order valence-electron chi connectivity index (χ0n) is 41.9. The molecule has 12 nitrogen and oxygen atoms in total. The lowest BCUT2D eigenvalue weighted by molar-refractivity contribution is -0.437. The Labute approximate surface area is 405 Å². The fourth-order valence-corrected chi connectivity index (χ4v) is 11.5. The highest BCUT2D eigenvalue weighted by Crippen LogP contribution is 2.48. The van der Waals surface area contributed by atoms with E-state index < -0.39 is 43.2 Å². The van der Waals surface area contributed by atoms with Crippen LogP contribution in [0.25, 0.3) is 0 Å². The van der Waals surface area contributed by atoms with Crippen LogP contribution in [-0.4, -0.2) is 128 Å². The molecule has 1 unspecified atom stereocenters. The van der Waals surface area contributed by atoms with Crippen LogP contribution in [0.3, 0.4) is 0 Å². The molecule has 7 rings (SSSR count). The van der Waals surface area contributed by atoms with Gasteiger partial charge in [-0.3, -0.25) is 9.59 Å². The van der Waals surface area contributed by atoms with Crippen molar-refractivity contribution in [1.29, 1.82) is 0 Å². The molecule has 1 aliphatic carbocycles. The van der Waals surface area contributed by atoms with E-state index in [1.54, 1.807) is 0 Å². The van der Waals surface area contributed by atoms with Crippen molar-refractivity contribution in [2.24, 2.45) is 0 Å². The van der Waals surface area contributed by atoms with Crippen molar-refractivity contribution in [3.05, 3.63) is 107 Å². The number of hydrogen-bond acceptors (Lipinski definition) is 9. The Kier molecular flexibility index (Phi) is 17.0. The molecular formula is C56H80N5O7+. The number of piperidine rings is 1. The standard InChI is InChI=1S/C56H79N5O7/c1-8-32-59-43-24-12-10-22-41(43)55(4,5)46(59)30-28-39-20-16-21-40(29-31-47-56(6,7)42-23-11-13-25-44(42)60(47)33-9-2)51(39)61(36-18-35-58-34-15-14-19-38(58)3)49(64)27-17-26-48(63)57-50-53(66)52(65)45(37-62)68-54(50)67/h10-13,22-25,28-31,38,45,50,52-54,62,65-67H,8-9,14-21,26-27,32-37H2,1-7H3/p+1/t38?,45-,50-,52-,53-,54+/m1/s1. The number of likely N-dealkylation sites (tertiary alicyclic amines) is 1. The van der Waals surface area contributed by atoms with Gasteiger partial charge in [-0.15, -0.1) is 0 Å². The molecule has 2 amide bonds. The van der Waals surface area contributed by atoms with E-state index in [1.807, 2.05) is 4.90 Å². The number of fused-ring (bicyclic) bond motifs is 2. The summed E-state index contributed by atoms with van der Waals surface area (Å²) in [5, 5.41) is 43.7. The van der Waals surface area contributed by atoms with E-state index >= 15 is 4.79 Å². The molecule has 2 saturated heterocycles. The van der Waals surface area contributed by atoms with Crippen LogP contribution < -0.4 is 10.2 Å². The predicted octanol–water partition coefficient (Wildman–Crippen LogP) is 7.66. The first-order valence-corrected chi connectivity index (χ1v) is 25.7. The maximum Gasteiger partial charge on any atom is 0.227 e. The second kappa shape index (κ2) is 22.5. The van der Waals surface area contributed by atoms with E-state index in [1.165, 1.54) is 53.2 Å².